The number of amides is 1. The maximum absolute atomic E-state index is 12.8. The van der Waals surface area contributed by atoms with Crippen LogP contribution in [0.25, 0.3) is 11.3 Å². The van der Waals surface area contributed by atoms with Crippen molar-refractivity contribution >= 4 is 38.1 Å². The first kappa shape index (κ1) is 19.4. The molecule has 0 bridgehead atoms. The number of nitrogens with one attached hydrogen (secondary N) is 2. The molecule has 0 aliphatic carbocycles. The maximum atomic E-state index is 12.8. The summed E-state index contributed by atoms with van der Waals surface area (Å²) in [5.74, 6) is 0.486. The fourth-order valence-corrected chi connectivity index (χ4v) is 5.67. The molecule has 0 unspecified atom stereocenters. The van der Waals surface area contributed by atoms with Crippen molar-refractivity contribution in [3.8, 4) is 17.0 Å². The van der Waals surface area contributed by atoms with Crippen molar-refractivity contribution in [2.75, 3.05) is 23.3 Å². The van der Waals surface area contributed by atoms with Gasteiger partial charge in [0.05, 0.1) is 22.8 Å². The molecule has 29 heavy (non-hydrogen) atoms. The lowest BCUT2D eigenvalue weighted by Crippen LogP contribution is -2.35. The van der Waals surface area contributed by atoms with Crippen molar-refractivity contribution < 1.29 is 17.9 Å². The van der Waals surface area contributed by atoms with Gasteiger partial charge in [0.1, 0.15) is 10.6 Å². The van der Waals surface area contributed by atoms with Crippen LogP contribution in [0, 0.1) is 20.8 Å². The first-order valence-corrected chi connectivity index (χ1v) is 11.0. The SMILES string of the molecule is Cc1n[nH]c(C)c1S(=O)(=O)Nc1nc(-c2ccc3c(c2)N(C)C(=O)CO3)c(C)s1. The Bertz CT molecular complexity index is 1210. The van der Waals surface area contributed by atoms with Gasteiger partial charge in [-0.25, -0.2) is 13.4 Å². The van der Waals surface area contributed by atoms with Gasteiger partial charge in [-0.2, -0.15) is 5.10 Å². The number of nitrogens with zero attached hydrogens (tertiary/aromatic N) is 3. The molecule has 1 amide bonds. The van der Waals surface area contributed by atoms with E-state index in [9.17, 15) is 13.2 Å². The summed E-state index contributed by atoms with van der Waals surface area (Å²) < 4.78 is 33.5. The van der Waals surface area contributed by atoms with Crippen LogP contribution in [0.4, 0.5) is 10.8 Å². The molecule has 0 fully saturated rings. The van der Waals surface area contributed by atoms with E-state index in [1.807, 2.05) is 19.1 Å². The number of fused-ring (bicyclic) bond motifs is 1. The van der Waals surface area contributed by atoms with Crippen molar-refractivity contribution in [1.29, 1.82) is 0 Å². The number of ether oxygens (including phenoxy) is 1. The van der Waals surface area contributed by atoms with E-state index in [4.69, 9.17) is 4.74 Å². The van der Waals surface area contributed by atoms with Crippen LogP contribution in [0.5, 0.6) is 5.75 Å². The van der Waals surface area contributed by atoms with E-state index in [0.717, 1.165) is 10.4 Å². The number of hydrogen-bond acceptors (Lipinski definition) is 7. The van der Waals surface area contributed by atoms with Crippen LogP contribution in [0.3, 0.4) is 0 Å². The Balaban J connectivity index is 1.68. The topological polar surface area (TPSA) is 117 Å². The van der Waals surface area contributed by atoms with E-state index >= 15 is 0 Å². The van der Waals surface area contributed by atoms with E-state index in [0.29, 0.717) is 28.5 Å². The molecular weight excluding hydrogens is 414 g/mol. The fraction of sp³-hybridized carbons (Fsp3) is 0.278. The average molecular weight is 434 g/mol. The van der Waals surface area contributed by atoms with Crippen LogP contribution in [-0.4, -0.2) is 43.2 Å². The molecule has 0 radical (unpaired) electrons. The van der Waals surface area contributed by atoms with E-state index < -0.39 is 10.0 Å². The number of H-pyrrole nitrogens is 1. The van der Waals surface area contributed by atoms with E-state index in [2.05, 4.69) is 19.9 Å². The molecule has 3 heterocycles. The van der Waals surface area contributed by atoms with E-state index in [1.165, 1.54) is 16.2 Å². The number of carbonyl (C=O) groups is 1. The highest BCUT2D eigenvalue weighted by molar-refractivity contribution is 7.93. The molecule has 0 saturated heterocycles. The number of aromatic nitrogens is 3. The van der Waals surface area contributed by atoms with Crippen LogP contribution in [0.1, 0.15) is 16.3 Å². The summed E-state index contributed by atoms with van der Waals surface area (Å²) in [6.07, 6.45) is 0. The monoisotopic (exact) mass is 433 g/mol. The lowest BCUT2D eigenvalue weighted by molar-refractivity contribution is -0.120. The summed E-state index contributed by atoms with van der Waals surface area (Å²) in [6.45, 7) is 5.16. The first-order valence-electron chi connectivity index (χ1n) is 8.73. The molecule has 2 aromatic heterocycles. The molecule has 3 aromatic rings. The summed E-state index contributed by atoms with van der Waals surface area (Å²) in [4.78, 5) is 18.9. The van der Waals surface area contributed by atoms with Gasteiger partial charge in [0.25, 0.3) is 15.9 Å². The number of hydrogen-bond donors (Lipinski definition) is 2. The third-order valence-corrected chi connectivity index (χ3v) is 7.28. The van der Waals surface area contributed by atoms with Crippen LogP contribution in [0.15, 0.2) is 23.1 Å². The van der Waals surface area contributed by atoms with Gasteiger partial charge in [0.2, 0.25) is 0 Å². The van der Waals surface area contributed by atoms with Gasteiger partial charge in [-0.05, 0) is 39.0 Å². The zero-order valence-corrected chi connectivity index (χ0v) is 17.9. The Labute approximate surface area is 171 Å². The summed E-state index contributed by atoms with van der Waals surface area (Å²) in [5.41, 5.74) is 2.92. The number of anilines is 2. The third kappa shape index (κ3) is 3.36. The summed E-state index contributed by atoms with van der Waals surface area (Å²) in [7, 11) is -2.13. The van der Waals surface area contributed by atoms with Gasteiger partial charge in [-0.1, -0.05) is 0 Å². The highest BCUT2D eigenvalue weighted by Gasteiger charge is 2.26. The third-order valence-electron chi connectivity index (χ3n) is 4.67. The summed E-state index contributed by atoms with van der Waals surface area (Å²) >= 11 is 1.24. The van der Waals surface area contributed by atoms with Crippen LogP contribution in [0.2, 0.25) is 0 Å². The lowest BCUT2D eigenvalue weighted by atomic mass is 10.1. The lowest BCUT2D eigenvalue weighted by Gasteiger charge is -2.26. The van der Waals surface area contributed by atoms with Gasteiger partial charge in [-0.3, -0.25) is 14.6 Å². The van der Waals surface area contributed by atoms with Gasteiger partial charge in [-0.15, -0.1) is 11.3 Å². The van der Waals surface area contributed by atoms with Crippen molar-refractivity contribution in [3.05, 3.63) is 34.5 Å². The van der Waals surface area contributed by atoms with Gasteiger partial charge >= 0.3 is 0 Å². The molecule has 152 valence electrons. The highest BCUT2D eigenvalue weighted by Crippen LogP contribution is 2.38. The number of aromatic amines is 1. The molecule has 9 nitrogen and oxygen atoms in total. The molecular formula is C18H19N5O4S2. The number of thiazole rings is 1. The van der Waals surface area contributed by atoms with Crippen LogP contribution in [-0.2, 0) is 14.8 Å². The standard InChI is InChI=1S/C18H19N5O4S2/c1-9-17(10(2)21-20-9)29(25,26)22-18-19-16(11(3)28-18)12-5-6-14-13(7-12)23(4)15(24)8-27-14/h5-7H,8H2,1-4H3,(H,19,22)(H,20,21). The molecule has 1 aromatic carbocycles. The maximum Gasteiger partial charge on any atom is 0.267 e. The number of aryl methyl sites for hydroxylation is 3. The molecule has 0 saturated carbocycles. The first-order chi connectivity index (χ1) is 13.7. The largest absolute Gasteiger partial charge is 0.482 e. The predicted octanol–water partition coefficient (Wildman–Crippen LogP) is 2.61. The summed E-state index contributed by atoms with van der Waals surface area (Å²) in [5, 5.41) is 6.88. The van der Waals surface area contributed by atoms with Crippen molar-refractivity contribution in [3.63, 3.8) is 0 Å². The average Bonchev–Trinajstić information content (AvgIpc) is 3.19. The Morgan fingerprint density at radius 3 is 2.72 bits per heavy atom. The quantitative estimate of drug-likeness (QED) is 0.653. The van der Waals surface area contributed by atoms with Crippen molar-refractivity contribution in [2.45, 2.75) is 25.7 Å². The number of sulfonamides is 1. The Morgan fingerprint density at radius 1 is 1.28 bits per heavy atom. The van der Waals surface area contributed by atoms with Crippen molar-refractivity contribution in [2.24, 2.45) is 0 Å². The molecule has 2 N–H and O–H groups in total. The molecule has 1 aliphatic rings. The molecule has 11 heteroatoms. The van der Waals surface area contributed by atoms with Gasteiger partial charge < -0.3 is 9.64 Å². The Kier molecular flexibility index (Phi) is 4.58. The number of rotatable bonds is 4. The molecule has 0 spiro atoms. The van der Waals surface area contributed by atoms with Crippen molar-refractivity contribution in [1.82, 2.24) is 15.2 Å². The number of benzene rings is 1. The number of likely N-dealkylation sites (N-methyl/N-ethyl adjacent to an activating group) is 1. The van der Waals surface area contributed by atoms with Gasteiger partial charge in [0, 0.05) is 17.5 Å². The van der Waals surface area contributed by atoms with E-state index in [-0.39, 0.29) is 22.5 Å². The Hall–Kier alpha value is -2.92. The second kappa shape index (κ2) is 6.85. The molecule has 1 aliphatic heterocycles. The fourth-order valence-electron chi connectivity index (χ4n) is 3.23. The van der Waals surface area contributed by atoms with Gasteiger partial charge in [0.15, 0.2) is 11.7 Å². The van der Waals surface area contributed by atoms with Crippen LogP contribution >= 0.6 is 11.3 Å². The van der Waals surface area contributed by atoms with Crippen LogP contribution < -0.4 is 14.4 Å². The molecule has 4 rings (SSSR count). The summed E-state index contributed by atoms with van der Waals surface area (Å²) in [6, 6.07) is 5.44. The highest BCUT2D eigenvalue weighted by atomic mass is 32.2. The molecule has 0 atom stereocenters. The number of carbonyl (C=O) groups excluding carboxylic acids is 1. The predicted molar refractivity (Wildman–Crippen MR) is 110 cm³/mol. The zero-order chi connectivity index (χ0) is 20.9. The minimum absolute atomic E-state index is 0.0113. The smallest absolute Gasteiger partial charge is 0.267 e. The second-order valence-electron chi connectivity index (χ2n) is 6.72. The van der Waals surface area contributed by atoms with E-state index in [1.54, 1.807) is 27.0 Å². The minimum Gasteiger partial charge on any atom is -0.482 e. The second-order valence-corrected chi connectivity index (χ2v) is 9.54. The normalized spacial score (nSPS) is 13.9. The zero-order valence-electron chi connectivity index (χ0n) is 16.2. The minimum atomic E-state index is -3.82. The Morgan fingerprint density at radius 2 is 2.03 bits per heavy atom.